The third kappa shape index (κ3) is 5.42. The number of anilines is 1. The minimum absolute atomic E-state index is 0.175. The lowest BCUT2D eigenvalue weighted by atomic mass is 10.0. The van der Waals surface area contributed by atoms with Crippen molar-refractivity contribution in [2.45, 2.75) is 49.8 Å². The molecule has 0 radical (unpaired) electrons. The van der Waals surface area contributed by atoms with Crippen LogP contribution in [0.3, 0.4) is 0 Å². The largest absolute Gasteiger partial charge is 0.280 e. The molecule has 1 aliphatic rings. The van der Waals surface area contributed by atoms with E-state index in [0.29, 0.717) is 30.6 Å². The predicted octanol–water partition coefficient (Wildman–Crippen LogP) is 4.11. The van der Waals surface area contributed by atoms with E-state index in [9.17, 15) is 16.8 Å². The van der Waals surface area contributed by atoms with Crippen LogP contribution in [0.1, 0.15) is 39.2 Å². The van der Waals surface area contributed by atoms with Crippen LogP contribution in [0.5, 0.6) is 0 Å². The highest BCUT2D eigenvalue weighted by atomic mass is 32.2. The Balaban J connectivity index is 1.71. The average molecular weight is 451 g/mol. The summed E-state index contributed by atoms with van der Waals surface area (Å²) in [5.41, 5.74) is 1.41. The summed E-state index contributed by atoms with van der Waals surface area (Å²) in [7, 11) is -7.30. The molecule has 0 amide bonds. The van der Waals surface area contributed by atoms with E-state index in [0.717, 1.165) is 24.8 Å². The molecular formula is C22H30N2O4S2. The topological polar surface area (TPSA) is 83.5 Å². The second kappa shape index (κ2) is 9.08. The van der Waals surface area contributed by atoms with Crippen molar-refractivity contribution in [2.24, 2.45) is 11.8 Å². The highest BCUT2D eigenvalue weighted by Gasteiger charge is 2.28. The number of benzene rings is 2. The van der Waals surface area contributed by atoms with Crippen LogP contribution in [0.4, 0.5) is 5.69 Å². The zero-order chi connectivity index (χ0) is 21.9. The lowest BCUT2D eigenvalue weighted by molar-refractivity contribution is 0.288. The van der Waals surface area contributed by atoms with Gasteiger partial charge in [0.05, 0.1) is 9.79 Å². The van der Waals surface area contributed by atoms with E-state index in [1.807, 2.05) is 12.1 Å². The molecule has 1 N–H and O–H groups in total. The van der Waals surface area contributed by atoms with Crippen LogP contribution < -0.4 is 4.72 Å². The van der Waals surface area contributed by atoms with Crippen LogP contribution in [0.25, 0.3) is 0 Å². The number of nitrogens with zero attached hydrogens (tertiary/aromatic N) is 1. The first-order valence-corrected chi connectivity index (χ1v) is 13.2. The Bertz CT molecular complexity index is 1050. The average Bonchev–Trinajstić information content (AvgIpc) is 2.68. The van der Waals surface area contributed by atoms with Crippen molar-refractivity contribution >= 4 is 25.7 Å². The normalized spacial score (nSPS) is 16.7. The van der Waals surface area contributed by atoms with E-state index in [4.69, 9.17) is 0 Å². The Morgan fingerprint density at radius 1 is 0.900 bits per heavy atom. The van der Waals surface area contributed by atoms with Gasteiger partial charge in [-0.05, 0) is 73.1 Å². The van der Waals surface area contributed by atoms with E-state index >= 15 is 0 Å². The van der Waals surface area contributed by atoms with Gasteiger partial charge in [-0.2, -0.15) is 4.31 Å². The van der Waals surface area contributed by atoms with Gasteiger partial charge in [0.1, 0.15) is 0 Å². The van der Waals surface area contributed by atoms with Gasteiger partial charge < -0.3 is 0 Å². The van der Waals surface area contributed by atoms with Crippen molar-refractivity contribution in [1.29, 1.82) is 0 Å². The molecule has 1 saturated heterocycles. The predicted molar refractivity (Wildman–Crippen MR) is 119 cm³/mol. The van der Waals surface area contributed by atoms with Gasteiger partial charge >= 0.3 is 0 Å². The molecule has 1 fully saturated rings. The van der Waals surface area contributed by atoms with E-state index < -0.39 is 20.0 Å². The van der Waals surface area contributed by atoms with Crippen molar-refractivity contribution in [2.75, 3.05) is 17.8 Å². The van der Waals surface area contributed by atoms with Crippen LogP contribution in [0.15, 0.2) is 58.3 Å². The molecule has 0 atom stereocenters. The summed E-state index contributed by atoms with van der Waals surface area (Å²) < 4.78 is 55.0. The number of piperidine rings is 1. The van der Waals surface area contributed by atoms with E-state index in [1.165, 1.54) is 28.6 Å². The van der Waals surface area contributed by atoms with Crippen LogP contribution in [-0.2, 0) is 26.5 Å². The van der Waals surface area contributed by atoms with Gasteiger partial charge in [-0.15, -0.1) is 0 Å². The molecule has 164 valence electrons. The molecule has 0 aliphatic carbocycles. The van der Waals surface area contributed by atoms with Crippen LogP contribution >= 0.6 is 0 Å². The Morgan fingerprint density at radius 3 is 1.97 bits per heavy atom. The quantitative estimate of drug-likeness (QED) is 0.688. The molecule has 30 heavy (non-hydrogen) atoms. The summed E-state index contributed by atoms with van der Waals surface area (Å²) in [6.07, 6.45) is 2.60. The lowest BCUT2D eigenvalue weighted by Gasteiger charge is -2.29. The molecule has 6 nitrogen and oxygen atoms in total. The maximum atomic E-state index is 12.8. The summed E-state index contributed by atoms with van der Waals surface area (Å²) in [5, 5.41) is 0. The van der Waals surface area contributed by atoms with Crippen molar-refractivity contribution in [1.82, 2.24) is 4.31 Å². The number of rotatable bonds is 7. The molecule has 1 aliphatic heterocycles. The monoisotopic (exact) mass is 450 g/mol. The molecule has 0 spiro atoms. The second-order valence-electron chi connectivity index (χ2n) is 8.46. The van der Waals surface area contributed by atoms with Gasteiger partial charge in [-0.1, -0.05) is 32.9 Å². The smallest absolute Gasteiger partial charge is 0.261 e. The standard InChI is InChI=1S/C22H30N2O4S2/c1-17(2)16-19-4-8-21(9-5-19)29(25,26)23-20-6-10-22(11-7-20)30(27,28)24-14-12-18(3)13-15-24/h4-11,17-18,23H,12-16H2,1-3H3. The Morgan fingerprint density at radius 2 is 1.43 bits per heavy atom. The fourth-order valence-corrected chi connectivity index (χ4v) is 6.09. The van der Waals surface area contributed by atoms with Crippen LogP contribution in [0.2, 0.25) is 0 Å². The minimum Gasteiger partial charge on any atom is -0.280 e. The Hall–Kier alpha value is -1.90. The summed E-state index contributed by atoms with van der Waals surface area (Å²) in [6, 6.07) is 12.7. The summed E-state index contributed by atoms with van der Waals surface area (Å²) >= 11 is 0. The molecule has 2 aromatic carbocycles. The summed E-state index contributed by atoms with van der Waals surface area (Å²) in [4.78, 5) is 0.354. The number of hydrogen-bond acceptors (Lipinski definition) is 4. The lowest BCUT2D eigenvalue weighted by Crippen LogP contribution is -2.37. The summed E-state index contributed by atoms with van der Waals surface area (Å²) in [6.45, 7) is 7.39. The van der Waals surface area contributed by atoms with Gasteiger partial charge in [0.25, 0.3) is 10.0 Å². The highest BCUT2D eigenvalue weighted by Crippen LogP contribution is 2.25. The van der Waals surface area contributed by atoms with Gasteiger partial charge in [0.2, 0.25) is 10.0 Å². The molecular weight excluding hydrogens is 420 g/mol. The van der Waals surface area contributed by atoms with Crippen molar-refractivity contribution in [3.05, 3.63) is 54.1 Å². The zero-order valence-corrected chi connectivity index (χ0v) is 19.3. The first-order valence-electron chi connectivity index (χ1n) is 10.3. The third-order valence-corrected chi connectivity index (χ3v) is 8.67. The van der Waals surface area contributed by atoms with Crippen LogP contribution in [0, 0.1) is 11.8 Å². The van der Waals surface area contributed by atoms with Crippen molar-refractivity contribution in [3.63, 3.8) is 0 Å². The maximum Gasteiger partial charge on any atom is 0.261 e. The zero-order valence-electron chi connectivity index (χ0n) is 17.7. The van der Waals surface area contributed by atoms with E-state index in [-0.39, 0.29) is 9.79 Å². The second-order valence-corrected chi connectivity index (χ2v) is 12.1. The first kappa shape index (κ1) is 22.8. The maximum absolute atomic E-state index is 12.8. The molecule has 0 saturated carbocycles. The number of sulfonamides is 2. The van der Waals surface area contributed by atoms with E-state index in [2.05, 4.69) is 25.5 Å². The number of nitrogens with one attached hydrogen (secondary N) is 1. The van der Waals surface area contributed by atoms with Crippen molar-refractivity contribution in [3.8, 4) is 0 Å². The van der Waals surface area contributed by atoms with Crippen LogP contribution in [-0.4, -0.2) is 34.2 Å². The van der Waals surface area contributed by atoms with Gasteiger partial charge in [-0.3, -0.25) is 4.72 Å². The Kier molecular flexibility index (Phi) is 6.89. The third-order valence-electron chi connectivity index (χ3n) is 5.36. The molecule has 1 heterocycles. The molecule has 0 unspecified atom stereocenters. The molecule has 8 heteroatoms. The molecule has 3 rings (SSSR count). The van der Waals surface area contributed by atoms with Gasteiger partial charge in [-0.25, -0.2) is 16.8 Å². The molecule has 2 aromatic rings. The SMILES string of the molecule is CC(C)Cc1ccc(S(=O)(=O)Nc2ccc(S(=O)(=O)N3CCC(C)CC3)cc2)cc1. The van der Waals surface area contributed by atoms with Gasteiger partial charge in [0, 0.05) is 18.8 Å². The molecule has 0 aromatic heterocycles. The first-order chi connectivity index (χ1) is 14.1. The van der Waals surface area contributed by atoms with E-state index in [1.54, 1.807) is 12.1 Å². The minimum atomic E-state index is -3.74. The highest BCUT2D eigenvalue weighted by molar-refractivity contribution is 7.92. The Labute approximate surface area is 180 Å². The van der Waals surface area contributed by atoms with Gasteiger partial charge in [0.15, 0.2) is 0 Å². The number of hydrogen-bond donors (Lipinski definition) is 1. The fraction of sp³-hybridized carbons (Fsp3) is 0.455. The van der Waals surface area contributed by atoms with Crippen molar-refractivity contribution < 1.29 is 16.8 Å². The summed E-state index contributed by atoms with van der Waals surface area (Å²) in [5.74, 6) is 1.03. The fourth-order valence-electron chi connectivity index (χ4n) is 3.56. The molecule has 0 bridgehead atoms.